The van der Waals surface area contributed by atoms with E-state index in [2.05, 4.69) is 47.7 Å². The van der Waals surface area contributed by atoms with Gasteiger partial charge in [-0.2, -0.15) is 5.10 Å². The van der Waals surface area contributed by atoms with Crippen molar-refractivity contribution in [1.29, 1.82) is 0 Å². The van der Waals surface area contributed by atoms with Crippen LogP contribution in [0.4, 0.5) is 10.5 Å². The fourth-order valence-electron chi connectivity index (χ4n) is 2.19. The van der Waals surface area contributed by atoms with Crippen molar-refractivity contribution in [3.8, 4) is 5.69 Å². The Kier molecular flexibility index (Phi) is 5.67. The Bertz CT molecular complexity index is 886. The minimum Gasteiger partial charge on any atom is -0.316 e. The monoisotopic (exact) mass is 460 g/mol. The summed E-state index contributed by atoms with van der Waals surface area (Å²) >= 11 is 6.77. The predicted molar refractivity (Wildman–Crippen MR) is 107 cm³/mol. The Labute approximate surface area is 162 Å². The normalized spacial score (nSPS) is 10.8. The van der Waals surface area contributed by atoms with Gasteiger partial charge in [-0.05, 0) is 60.7 Å². The van der Waals surface area contributed by atoms with Crippen LogP contribution in [-0.2, 0) is 0 Å². The van der Waals surface area contributed by atoms with Crippen LogP contribution in [0.15, 0.2) is 80.9 Å². The number of carbonyl (C=O) groups is 1. The number of nitrogens with one attached hydrogen (secondary N) is 2. The summed E-state index contributed by atoms with van der Waals surface area (Å²) in [6.45, 7) is 0. The molecule has 2 aromatic carbocycles. The quantitative estimate of drug-likeness (QED) is 0.409. The Morgan fingerprint density at radius 3 is 2.28 bits per heavy atom. The van der Waals surface area contributed by atoms with Crippen molar-refractivity contribution in [2.24, 2.45) is 5.10 Å². The van der Waals surface area contributed by atoms with Crippen molar-refractivity contribution in [3.63, 3.8) is 0 Å². The summed E-state index contributed by atoms with van der Waals surface area (Å²) in [5.41, 5.74) is 5.01. The van der Waals surface area contributed by atoms with Gasteiger partial charge in [0.25, 0.3) is 0 Å². The van der Waals surface area contributed by atoms with Crippen LogP contribution >= 0.6 is 31.9 Å². The second-order valence-electron chi connectivity index (χ2n) is 5.11. The van der Waals surface area contributed by atoms with E-state index in [-0.39, 0.29) is 0 Å². The van der Waals surface area contributed by atoms with Gasteiger partial charge < -0.3 is 9.88 Å². The van der Waals surface area contributed by atoms with E-state index in [9.17, 15) is 4.79 Å². The van der Waals surface area contributed by atoms with Gasteiger partial charge in [0.05, 0.1) is 11.9 Å². The highest BCUT2D eigenvalue weighted by Crippen LogP contribution is 2.16. The first-order valence-electron chi connectivity index (χ1n) is 7.41. The van der Waals surface area contributed by atoms with E-state index in [1.54, 1.807) is 18.3 Å². The van der Waals surface area contributed by atoms with Crippen molar-refractivity contribution in [2.75, 3.05) is 5.32 Å². The molecule has 5 nitrogen and oxygen atoms in total. The molecular formula is C18H14Br2N4O. The minimum atomic E-state index is -0.402. The average Bonchev–Trinajstić information content (AvgIpc) is 3.06. The number of hydrazone groups is 1. The molecule has 0 spiro atoms. The fraction of sp³-hybridized carbons (Fsp3) is 0. The molecule has 1 aromatic heterocycles. The molecule has 0 saturated carbocycles. The first-order chi connectivity index (χ1) is 12.1. The van der Waals surface area contributed by atoms with Crippen LogP contribution in [0.2, 0.25) is 0 Å². The topological polar surface area (TPSA) is 58.4 Å². The van der Waals surface area contributed by atoms with E-state index in [0.29, 0.717) is 5.69 Å². The number of halogens is 2. The van der Waals surface area contributed by atoms with E-state index < -0.39 is 6.03 Å². The lowest BCUT2D eigenvalue weighted by molar-refractivity contribution is 0.252. The number of nitrogens with zero attached hydrogens (tertiary/aromatic N) is 2. The average molecular weight is 462 g/mol. The summed E-state index contributed by atoms with van der Waals surface area (Å²) in [7, 11) is 0. The molecule has 2 amide bonds. The first kappa shape index (κ1) is 17.4. The van der Waals surface area contributed by atoms with Gasteiger partial charge in [0, 0.05) is 26.5 Å². The molecule has 0 saturated heterocycles. The molecule has 0 bridgehead atoms. The van der Waals surface area contributed by atoms with E-state index in [0.717, 1.165) is 20.3 Å². The molecular weight excluding hydrogens is 448 g/mol. The predicted octanol–water partition coefficient (Wildman–Crippen LogP) is 5.16. The lowest BCUT2D eigenvalue weighted by atomic mass is 10.3. The highest BCUT2D eigenvalue weighted by atomic mass is 79.9. The zero-order chi connectivity index (χ0) is 17.6. The molecule has 0 aliphatic heterocycles. The molecule has 126 valence electrons. The molecule has 0 atom stereocenters. The minimum absolute atomic E-state index is 0.402. The van der Waals surface area contributed by atoms with Crippen LogP contribution in [0.3, 0.4) is 0 Å². The maximum absolute atomic E-state index is 11.9. The number of amides is 2. The third-order valence-corrected chi connectivity index (χ3v) is 4.41. The third kappa shape index (κ3) is 4.80. The molecule has 3 rings (SSSR count). The van der Waals surface area contributed by atoms with Crippen molar-refractivity contribution in [2.45, 2.75) is 0 Å². The number of hydrogen-bond acceptors (Lipinski definition) is 2. The number of hydrogen-bond donors (Lipinski definition) is 2. The van der Waals surface area contributed by atoms with Crippen LogP contribution in [0.25, 0.3) is 5.69 Å². The lowest BCUT2D eigenvalue weighted by Gasteiger charge is -2.06. The highest BCUT2D eigenvalue weighted by Gasteiger charge is 2.02. The summed E-state index contributed by atoms with van der Waals surface area (Å²) in [6, 6.07) is 18.7. The Morgan fingerprint density at radius 2 is 1.60 bits per heavy atom. The van der Waals surface area contributed by atoms with Crippen molar-refractivity contribution in [3.05, 3.63) is 81.5 Å². The van der Waals surface area contributed by atoms with Crippen molar-refractivity contribution >= 4 is 49.8 Å². The number of benzene rings is 2. The number of rotatable bonds is 4. The summed E-state index contributed by atoms with van der Waals surface area (Å²) < 4.78 is 3.94. The van der Waals surface area contributed by atoms with E-state index in [4.69, 9.17) is 0 Å². The van der Waals surface area contributed by atoms with Crippen LogP contribution < -0.4 is 10.7 Å². The molecule has 0 fully saturated rings. The molecule has 0 aliphatic rings. The highest BCUT2D eigenvalue weighted by molar-refractivity contribution is 9.10. The first-order valence-corrected chi connectivity index (χ1v) is 8.99. The van der Waals surface area contributed by atoms with Gasteiger partial charge >= 0.3 is 6.03 Å². The van der Waals surface area contributed by atoms with Gasteiger partial charge in [-0.15, -0.1) is 0 Å². The summed E-state index contributed by atoms with van der Waals surface area (Å²) in [5.74, 6) is 0. The SMILES string of the molecule is O=C(N/N=C/c1cccn1-c1ccc(Br)cc1)Nc1ccc(Br)cc1. The molecule has 3 aromatic rings. The van der Waals surface area contributed by atoms with Gasteiger partial charge in [0.1, 0.15) is 0 Å². The van der Waals surface area contributed by atoms with E-state index in [1.807, 2.05) is 59.3 Å². The number of carbonyl (C=O) groups excluding carboxylic acids is 1. The summed E-state index contributed by atoms with van der Waals surface area (Å²) in [5, 5.41) is 6.71. The zero-order valence-corrected chi connectivity index (χ0v) is 16.2. The smallest absolute Gasteiger partial charge is 0.316 e. The Hall–Kier alpha value is -2.38. The van der Waals surface area contributed by atoms with Crippen molar-refractivity contribution < 1.29 is 4.79 Å². The number of anilines is 1. The van der Waals surface area contributed by atoms with Gasteiger partial charge in [-0.25, -0.2) is 10.2 Å². The van der Waals surface area contributed by atoms with Crippen LogP contribution in [0, 0.1) is 0 Å². The second-order valence-corrected chi connectivity index (χ2v) is 6.94. The lowest BCUT2D eigenvalue weighted by Crippen LogP contribution is -2.24. The molecule has 0 radical (unpaired) electrons. The molecule has 0 unspecified atom stereocenters. The number of aromatic nitrogens is 1. The summed E-state index contributed by atoms with van der Waals surface area (Å²) in [6.07, 6.45) is 3.54. The van der Waals surface area contributed by atoms with Gasteiger partial charge in [0.15, 0.2) is 0 Å². The maximum atomic E-state index is 11.9. The third-order valence-electron chi connectivity index (χ3n) is 3.35. The van der Waals surface area contributed by atoms with Gasteiger partial charge in [-0.3, -0.25) is 0 Å². The van der Waals surface area contributed by atoms with E-state index >= 15 is 0 Å². The summed E-state index contributed by atoms with van der Waals surface area (Å²) in [4.78, 5) is 11.9. The van der Waals surface area contributed by atoms with Gasteiger partial charge in [0.2, 0.25) is 0 Å². The van der Waals surface area contributed by atoms with Crippen LogP contribution in [-0.4, -0.2) is 16.8 Å². The Morgan fingerprint density at radius 1 is 0.960 bits per heavy atom. The Balaban J connectivity index is 1.63. The second kappa shape index (κ2) is 8.13. The fourth-order valence-corrected chi connectivity index (χ4v) is 2.71. The molecule has 1 heterocycles. The zero-order valence-electron chi connectivity index (χ0n) is 13.0. The van der Waals surface area contributed by atoms with Crippen molar-refractivity contribution in [1.82, 2.24) is 9.99 Å². The molecule has 2 N–H and O–H groups in total. The van der Waals surface area contributed by atoms with Crippen LogP contribution in [0.5, 0.6) is 0 Å². The molecule has 25 heavy (non-hydrogen) atoms. The van der Waals surface area contributed by atoms with Crippen LogP contribution in [0.1, 0.15) is 5.69 Å². The standard InChI is InChI=1S/C18H14Br2N4O/c19-13-3-7-15(8-4-13)22-18(25)23-21-12-17-2-1-11-24(17)16-9-5-14(20)6-10-16/h1-12H,(H2,22,23,25)/b21-12+. The largest absolute Gasteiger partial charge is 0.339 e. The van der Waals surface area contributed by atoms with Gasteiger partial charge in [-0.1, -0.05) is 31.9 Å². The molecule has 7 heteroatoms. The number of urea groups is 1. The maximum Gasteiger partial charge on any atom is 0.339 e. The van der Waals surface area contributed by atoms with E-state index in [1.165, 1.54) is 0 Å². The molecule has 0 aliphatic carbocycles.